The van der Waals surface area contributed by atoms with Crippen LogP contribution in [0.4, 0.5) is 0 Å². The van der Waals surface area contributed by atoms with Gasteiger partial charge in [-0.25, -0.2) is 0 Å². The van der Waals surface area contributed by atoms with Crippen LogP contribution in [-0.2, 0) is 0 Å². The third kappa shape index (κ3) is 1.78. The number of hydrogen-bond acceptors (Lipinski definition) is 1. The number of rotatable bonds is 1. The molecule has 0 radical (unpaired) electrons. The summed E-state index contributed by atoms with van der Waals surface area (Å²) in [6.07, 6.45) is 3.99. The second-order valence-electron chi connectivity index (χ2n) is 4.14. The molecule has 0 heterocycles. The van der Waals surface area contributed by atoms with Gasteiger partial charge in [0, 0.05) is 0 Å². The van der Waals surface area contributed by atoms with Crippen LogP contribution in [0, 0.1) is 5.92 Å². The van der Waals surface area contributed by atoms with E-state index in [1.165, 1.54) is 5.57 Å². The van der Waals surface area contributed by atoms with Crippen molar-refractivity contribution < 1.29 is 5.11 Å². The predicted octanol–water partition coefficient (Wildman–Crippen LogP) is 2.67. The van der Waals surface area contributed by atoms with Gasteiger partial charge in [-0.3, -0.25) is 0 Å². The van der Waals surface area contributed by atoms with E-state index in [0.29, 0.717) is 5.92 Å². The van der Waals surface area contributed by atoms with Gasteiger partial charge in [-0.1, -0.05) is 18.2 Å². The Bertz CT molecular complexity index is 223. The van der Waals surface area contributed by atoms with E-state index in [2.05, 4.69) is 12.7 Å². The molecule has 1 N–H and O–H groups in total. The Morgan fingerprint density at radius 3 is 2.75 bits per heavy atom. The second kappa shape index (κ2) is 3.06. The van der Waals surface area contributed by atoms with Gasteiger partial charge in [0.05, 0.1) is 5.60 Å². The van der Waals surface area contributed by atoms with Crippen LogP contribution in [0.3, 0.4) is 0 Å². The maximum Gasteiger partial charge on any atom is 0.0831 e. The molecule has 12 heavy (non-hydrogen) atoms. The summed E-state index contributed by atoms with van der Waals surface area (Å²) in [5.41, 5.74) is 1.67. The van der Waals surface area contributed by atoms with Crippen LogP contribution < -0.4 is 0 Å². The molecule has 1 heteroatoms. The first-order chi connectivity index (χ1) is 5.43. The van der Waals surface area contributed by atoms with E-state index in [4.69, 9.17) is 0 Å². The summed E-state index contributed by atoms with van der Waals surface area (Å²) >= 11 is 0. The van der Waals surface area contributed by atoms with Crippen molar-refractivity contribution in [2.24, 2.45) is 5.92 Å². The smallest absolute Gasteiger partial charge is 0.0831 e. The molecule has 1 unspecified atom stereocenters. The highest BCUT2D eigenvalue weighted by molar-refractivity contribution is 5.20. The summed E-state index contributed by atoms with van der Waals surface area (Å²) in [6, 6.07) is 0. The van der Waals surface area contributed by atoms with Crippen LogP contribution in [0.25, 0.3) is 0 Å². The SMILES string of the molecule is C=C(C)[C@@H]1CC=C(C)C(C)(O)C1. The lowest BCUT2D eigenvalue weighted by molar-refractivity contribution is 0.0683. The molecule has 0 fully saturated rings. The Morgan fingerprint density at radius 1 is 1.75 bits per heavy atom. The van der Waals surface area contributed by atoms with E-state index < -0.39 is 5.60 Å². The average molecular weight is 166 g/mol. The van der Waals surface area contributed by atoms with E-state index in [-0.39, 0.29) is 0 Å². The fourth-order valence-electron chi connectivity index (χ4n) is 1.64. The standard InChI is InChI=1S/C11H18O/c1-8(2)10-6-5-9(3)11(4,12)7-10/h5,10,12H,1,6-7H2,2-4H3/t10-,11?/m1/s1. The van der Waals surface area contributed by atoms with Crippen LogP contribution >= 0.6 is 0 Å². The fourth-order valence-corrected chi connectivity index (χ4v) is 1.64. The van der Waals surface area contributed by atoms with Crippen molar-refractivity contribution in [2.75, 3.05) is 0 Å². The topological polar surface area (TPSA) is 20.2 Å². The van der Waals surface area contributed by atoms with Crippen molar-refractivity contribution in [2.45, 2.75) is 39.2 Å². The molecule has 2 atom stereocenters. The lowest BCUT2D eigenvalue weighted by Crippen LogP contribution is -2.32. The molecule has 0 aromatic rings. The van der Waals surface area contributed by atoms with Crippen molar-refractivity contribution >= 4 is 0 Å². The van der Waals surface area contributed by atoms with Crippen molar-refractivity contribution in [3.8, 4) is 0 Å². The van der Waals surface area contributed by atoms with Crippen LogP contribution in [0.2, 0.25) is 0 Å². The minimum Gasteiger partial charge on any atom is -0.386 e. The first-order valence-corrected chi connectivity index (χ1v) is 4.48. The molecule has 68 valence electrons. The zero-order chi connectivity index (χ0) is 9.35. The summed E-state index contributed by atoms with van der Waals surface area (Å²) in [5.74, 6) is 0.462. The minimum absolute atomic E-state index is 0.462. The average Bonchev–Trinajstić information content (AvgIpc) is 1.94. The summed E-state index contributed by atoms with van der Waals surface area (Å²) in [4.78, 5) is 0. The van der Waals surface area contributed by atoms with Crippen LogP contribution in [0.5, 0.6) is 0 Å². The van der Waals surface area contributed by atoms with Gasteiger partial charge in [0.25, 0.3) is 0 Å². The molecule has 1 aliphatic rings. The Balaban J connectivity index is 2.79. The third-order valence-corrected chi connectivity index (χ3v) is 2.90. The zero-order valence-corrected chi connectivity index (χ0v) is 8.22. The van der Waals surface area contributed by atoms with E-state index in [1.807, 2.05) is 20.8 Å². The molecule has 0 saturated heterocycles. The molecule has 0 saturated carbocycles. The Kier molecular flexibility index (Phi) is 2.43. The van der Waals surface area contributed by atoms with Gasteiger partial charge in [0.2, 0.25) is 0 Å². The van der Waals surface area contributed by atoms with Crippen molar-refractivity contribution in [3.63, 3.8) is 0 Å². The highest BCUT2D eigenvalue weighted by atomic mass is 16.3. The molecule has 0 bridgehead atoms. The molecule has 1 nitrogen and oxygen atoms in total. The third-order valence-electron chi connectivity index (χ3n) is 2.90. The first-order valence-electron chi connectivity index (χ1n) is 4.48. The van der Waals surface area contributed by atoms with Gasteiger partial charge in [0.1, 0.15) is 0 Å². The van der Waals surface area contributed by atoms with E-state index >= 15 is 0 Å². The van der Waals surface area contributed by atoms with Crippen LogP contribution in [-0.4, -0.2) is 10.7 Å². The Hall–Kier alpha value is -0.560. The minimum atomic E-state index is -0.609. The normalized spacial score (nSPS) is 36.0. The lowest BCUT2D eigenvalue weighted by Gasteiger charge is -2.33. The number of aliphatic hydroxyl groups is 1. The van der Waals surface area contributed by atoms with Crippen LogP contribution in [0.1, 0.15) is 33.6 Å². The number of hydrogen-bond donors (Lipinski definition) is 1. The monoisotopic (exact) mass is 166 g/mol. The van der Waals surface area contributed by atoms with Crippen molar-refractivity contribution in [3.05, 3.63) is 23.8 Å². The molecule has 0 amide bonds. The Morgan fingerprint density at radius 2 is 2.33 bits per heavy atom. The van der Waals surface area contributed by atoms with Crippen molar-refractivity contribution in [1.82, 2.24) is 0 Å². The quantitative estimate of drug-likeness (QED) is 0.594. The predicted molar refractivity (Wildman–Crippen MR) is 51.9 cm³/mol. The first kappa shape index (κ1) is 9.53. The molecule has 0 aromatic carbocycles. The van der Waals surface area contributed by atoms with E-state index in [9.17, 15) is 5.11 Å². The maximum atomic E-state index is 9.95. The van der Waals surface area contributed by atoms with E-state index in [0.717, 1.165) is 18.4 Å². The highest BCUT2D eigenvalue weighted by Gasteiger charge is 2.30. The maximum absolute atomic E-state index is 9.95. The van der Waals surface area contributed by atoms with E-state index in [1.54, 1.807) is 0 Å². The van der Waals surface area contributed by atoms with Crippen LogP contribution in [0.15, 0.2) is 23.8 Å². The lowest BCUT2D eigenvalue weighted by atomic mass is 9.77. The van der Waals surface area contributed by atoms with Gasteiger partial charge in [-0.2, -0.15) is 0 Å². The Labute approximate surface area is 74.8 Å². The zero-order valence-electron chi connectivity index (χ0n) is 8.22. The van der Waals surface area contributed by atoms with Gasteiger partial charge in [-0.15, -0.1) is 0 Å². The second-order valence-corrected chi connectivity index (χ2v) is 4.14. The molecular weight excluding hydrogens is 148 g/mol. The summed E-state index contributed by atoms with van der Waals surface area (Å²) in [5, 5.41) is 9.95. The molecule has 0 aromatic heterocycles. The van der Waals surface area contributed by atoms with Gasteiger partial charge >= 0.3 is 0 Å². The summed E-state index contributed by atoms with van der Waals surface area (Å²) < 4.78 is 0. The molecule has 0 aliphatic heterocycles. The summed E-state index contributed by atoms with van der Waals surface area (Å²) in [7, 11) is 0. The molecule has 1 aliphatic carbocycles. The highest BCUT2D eigenvalue weighted by Crippen LogP contribution is 2.35. The van der Waals surface area contributed by atoms with Gasteiger partial charge < -0.3 is 5.11 Å². The largest absolute Gasteiger partial charge is 0.386 e. The van der Waals surface area contributed by atoms with Crippen molar-refractivity contribution in [1.29, 1.82) is 0 Å². The molecule has 1 rings (SSSR count). The van der Waals surface area contributed by atoms with Gasteiger partial charge in [-0.05, 0) is 45.1 Å². The summed E-state index contributed by atoms with van der Waals surface area (Å²) in [6.45, 7) is 9.84. The fraction of sp³-hybridized carbons (Fsp3) is 0.636. The molecule has 0 spiro atoms. The van der Waals surface area contributed by atoms with Gasteiger partial charge in [0.15, 0.2) is 0 Å². The molecular formula is C11H18O. The number of allylic oxidation sites excluding steroid dienone is 2.